The largest absolute Gasteiger partial charge is 0.364 e. The quantitative estimate of drug-likeness (QED) is 0.568. The molecule has 0 N–H and O–H groups in total. The smallest absolute Gasteiger partial charge is 0.110 e. The molecule has 3 aromatic rings. The average Bonchev–Trinajstić information content (AvgIpc) is 3.02. The number of nitrogens with zero attached hydrogens (tertiary/aromatic N) is 3. The van der Waals surface area contributed by atoms with E-state index in [1.807, 2.05) is 26.1 Å². The van der Waals surface area contributed by atoms with E-state index in [9.17, 15) is 0 Å². The van der Waals surface area contributed by atoms with Gasteiger partial charge in [0.05, 0.1) is 29.9 Å². The molecule has 0 fully saturated rings. The van der Waals surface area contributed by atoms with E-state index in [2.05, 4.69) is 51.1 Å². The van der Waals surface area contributed by atoms with Crippen molar-refractivity contribution in [3.05, 3.63) is 36.3 Å². The Morgan fingerprint density at radius 2 is 1.92 bits per heavy atom. The molecule has 130 valence electrons. The van der Waals surface area contributed by atoms with Crippen LogP contribution in [0, 0.1) is 0 Å². The highest BCUT2D eigenvalue weighted by molar-refractivity contribution is 7.09. The Morgan fingerprint density at radius 3 is 2.58 bits per heavy atom. The third-order valence-electron chi connectivity index (χ3n) is 4.09. The van der Waals surface area contributed by atoms with Crippen LogP contribution in [0.5, 0.6) is 0 Å². The number of fused-ring (bicyclic) bond motifs is 3. The molecule has 3 rings (SSSR count). The monoisotopic (exact) mass is 345 g/mol. The lowest BCUT2D eigenvalue weighted by Crippen LogP contribution is -2.16. The van der Waals surface area contributed by atoms with Crippen molar-refractivity contribution in [2.24, 2.45) is 0 Å². The van der Waals surface area contributed by atoms with Gasteiger partial charge in [0.15, 0.2) is 0 Å². The predicted molar refractivity (Wildman–Crippen MR) is 105 cm³/mol. The summed E-state index contributed by atoms with van der Waals surface area (Å²) in [5, 5.41) is 1.16. The van der Waals surface area contributed by atoms with Crippen molar-refractivity contribution < 1.29 is 4.52 Å². The minimum atomic E-state index is 0.299. The molecule has 1 aromatic carbocycles. The molecule has 0 radical (unpaired) electrons. The van der Waals surface area contributed by atoms with E-state index in [1.165, 1.54) is 5.52 Å². The highest BCUT2D eigenvalue weighted by Gasteiger charge is 2.20. The number of aryl methyl sites for hydroxylation is 1. The van der Waals surface area contributed by atoms with Gasteiger partial charge in [0.2, 0.25) is 0 Å². The Labute approximate surface area is 146 Å². The van der Waals surface area contributed by atoms with Gasteiger partial charge in [-0.15, -0.1) is 0 Å². The van der Waals surface area contributed by atoms with Crippen molar-refractivity contribution in [1.29, 1.82) is 0 Å². The fourth-order valence-electron chi connectivity index (χ4n) is 3.15. The van der Waals surface area contributed by atoms with Crippen molar-refractivity contribution in [3.8, 4) is 0 Å². The van der Waals surface area contributed by atoms with Gasteiger partial charge in [0.25, 0.3) is 0 Å². The molecule has 0 saturated carbocycles. The maximum Gasteiger partial charge on any atom is 0.110 e. The third kappa shape index (κ3) is 3.60. The predicted octanol–water partition coefficient (Wildman–Crippen LogP) is 5.32. The van der Waals surface area contributed by atoms with E-state index < -0.39 is 0 Å². The zero-order chi connectivity index (χ0) is 17.5. The van der Waals surface area contributed by atoms with Crippen LogP contribution in [0.2, 0.25) is 0 Å². The number of pyridine rings is 1. The Bertz CT molecular complexity index is 779. The standard InChI is InChI=1S/C17H22N3OP.C2H6/c1-3-7-12(11-21-22)20-16(4-2)19-15-10-18-14-9-6-5-8-13(14)17(15)20;1-2/h5-6,8-10,12H,3-4,7,11,22H2,1-2H3;1-2H3/t12-;/m0./s1. The Hall–Kier alpha value is -1.51. The first-order valence-corrected chi connectivity index (χ1v) is 9.33. The number of hydrogen-bond acceptors (Lipinski definition) is 3. The second-order valence-electron chi connectivity index (χ2n) is 5.54. The van der Waals surface area contributed by atoms with Gasteiger partial charge in [-0.3, -0.25) is 4.98 Å². The van der Waals surface area contributed by atoms with Crippen LogP contribution in [0.4, 0.5) is 0 Å². The number of rotatable bonds is 6. The van der Waals surface area contributed by atoms with Crippen molar-refractivity contribution in [2.45, 2.75) is 53.0 Å². The van der Waals surface area contributed by atoms with Gasteiger partial charge in [-0.05, 0) is 12.5 Å². The zero-order valence-electron chi connectivity index (χ0n) is 15.1. The molecule has 0 amide bonds. The zero-order valence-corrected chi connectivity index (χ0v) is 16.3. The van der Waals surface area contributed by atoms with Crippen molar-refractivity contribution in [2.75, 3.05) is 6.61 Å². The molecular weight excluding hydrogens is 317 g/mol. The summed E-state index contributed by atoms with van der Waals surface area (Å²) in [6, 6.07) is 8.57. The van der Waals surface area contributed by atoms with Crippen LogP contribution >= 0.6 is 9.47 Å². The Balaban J connectivity index is 0.00000100. The molecule has 2 aromatic heterocycles. The maximum atomic E-state index is 5.39. The Kier molecular flexibility index (Phi) is 7.14. The van der Waals surface area contributed by atoms with Gasteiger partial charge in [-0.25, -0.2) is 4.98 Å². The van der Waals surface area contributed by atoms with Crippen LogP contribution in [0.25, 0.3) is 21.9 Å². The highest BCUT2D eigenvalue weighted by atomic mass is 31.0. The van der Waals surface area contributed by atoms with Gasteiger partial charge < -0.3 is 9.09 Å². The lowest BCUT2D eigenvalue weighted by atomic mass is 10.1. The van der Waals surface area contributed by atoms with Gasteiger partial charge in [-0.2, -0.15) is 0 Å². The van der Waals surface area contributed by atoms with E-state index in [0.29, 0.717) is 12.6 Å². The molecule has 4 nitrogen and oxygen atoms in total. The lowest BCUT2D eigenvalue weighted by molar-refractivity contribution is 0.273. The van der Waals surface area contributed by atoms with Crippen LogP contribution in [0.15, 0.2) is 30.5 Å². The molecule has 1 unspecified atom stereocenters. The van der Waals surface area contributed by atoms with E-state index in [1.54, 1.807) is 0 Å². The van der Waals surface area contributed by atoms with Crippen molar-refractivity contribution in [3.63, 3.8) is 0 Å². The second-order valence-corrected chi connectivity index (χ2v) is 5.87. The fraction of sp³-hybridized carbons (Fsp3) is 0.474. The number of para-hydroxylation sites is 1. The summed E-state index contributed by atoms with van der Waals surface area (Å²) in [4.78, 5) is 9.34. The highest BCUT2D eigenvalue weighted by Crippen LogP contribution is 2.30. The summed E-state index contributed by atoms with van der Waals surface area (Å²) in [5.74, 6) is 1.11. The minimum Gasteiger partial charge on any atom is -0.364 e. The molecule has 0 saturated heterocycles. The van der Waals surface area contributed by atoms with Crippen LogP contribution < -0.4 is 0 Å². The second kappa shape index (κ2) is 9.10. The summed E-state index contributed by atoms with van der Waals surface area (Å²) >= 11 is 0. The number of aromatic nitrogens is 3. The van der Waals surface area contributed by atoms with Crippen molar-refractivity contribution in [1.82, 2.24) is 14.5 Å². The van der Waals surface area contributed by atoms with E-state index in [0.717, 1.165) is 41.5 Å². The molecular formula is C19H28N3OP. The molecule has 0 aliphatic rings. The number of hydrogen-bond donors (Lipinski definition) is 0. The molecule has 2 heterocycles. The first-order chi connectivity index (χ1) is 11.8. The maximum absolute atomic E-state index is 5.39. The summed E-state index contributed by atoms with van der Waals surface area (Å²) in [6.07, 6.45) is 4.98. The first-order valence-electron chi connectivity index (χ1n) is 8.86. The van der Waals surface area contributed by atoms with E-state index in [-0.39, 0.29) is 0 Å². The topological polar surface area (TPSA) is 39.9 Å². The molecule has 0 bridgehead atoms. The van der Waals surface area contributed by atoms with Crippen LogP contribution in [0.3, 0.4) is 0 Å². The summed E-state index contributed by atoms with van der Waals surface area (Å²) in [6.45, 7) is 9.03. The van der Waals surface area contributed by atoms with Crippen LogP contribution in [-0.2, 0) is 10.9 Å². The van der Waals surface area contributed by atoms with Gasteiger partial charge in [0.1, 0.15) is 11.3 Å². The first kappa shape index (κ1) is 18.8. The number of benzene rings is 1. The van der Waals surface area contributed by atoms with Crippen LogP contribution in [-0.4, -0.2) is 21.1 Å². The summed E-state index contributed by atoms with van der Waals surface area (Å²) < 4.78 is 7.76. The SMILES string of the molecule is CC.CCC[C@@H](COP)n1c(CC)nc2cnc3ccccc3c21. The molecule has 0 aliphatic carbocycles. The summed E-state index contributed by atoms with van der Waals surface area (Å²) in [7, 11) is 2.37. The fourth-order valence-corrected chi connectivity index (χ4v) is 3.37. The molecule has 24 heavy (non-hydrogen) atoms. The molecule has 0 aliphatic heterocycles. The number of imidazole rings is 1. The lowest BCUT2D eigenvalue weighted by Gasteiger charge is -2.21. The van der Waals surface area contributed by atoms with Gasteiger partial charge >= 0.3 is 0 Å². The summed E-state index contributed by atoms with van der Waals surface area (Å²) in [5.41, 5.74) is 3.17. The van der Waals surface area contributed by atoms with E-state index >= 15 is 0 Å². The van der Waals surface area contributed by atoms with Crippen LogP contribution in [0.1, 0.15) is 52.4 Å². The van der Waals surface area contributed by atoms with Gasteiger partial charge in [-0.1, -0.05) is 52.3 Å². The van der Waals surface area contributed by atoms with E-state index in [4.69, 9.17) is 9.51 Å². The average molecular weight is 345 g/mol. The molecule has 2 atom stereocenters. The van der Waals surface area contributed by atoms with Gasteiger partial charge in [0, 0.05) is 21.3 Å². The Morgan fingerprint density at radius 1 is 1.17 bits per heavy atom. The third-order valence-corrected chi connectivity index (χ3v) is 4.28. The molecule has 0 spiro atoms. The minimum absolute atomic E-state index is 0.299. The normalized spacial score (nSPS) is 12.2. The van der Waals surface area contributed by atoms with Crippen molar-refractivity contribution >= 4 is 31.4 Å². The molecule has 5 heteroatoms.